The van der Waals surface area contributed by atoms with Gasteiger partial charge in [0.2, 0.25) is 3.79 Å². The Hall–Kier alpha value is -1.42. The van der Waals surface area contributed by atoms with E-state index in [9.17, 15) is 19.3 Å². The molecule has 23 heavy (non-hydrogen) atoms. The highest BCUT2D eigenvalue weighted by molar-refractivity contribution is 7.80. The summed E-state index contributed by atoms with van der Waals surface area (Å²) in [5.74, 6) is -0.994. The number of carbonyl (C=O) groups excluding carboxylic acids is 1. The third kappa shape index (κ3) is 6.69. The predicted molar refractivity (Wildman–Crippen MR) is 90.6 cm³/mol. The molecule has 0 aliphatic rings. The molecular weight excluding hydrogens is 394 g/mol. The van der Waals surface area contributed by atoms with E-state index >= 15 is 0 Å². The third-order valence-corrected chi connectivity index (χ3v) is 3.24. The molecule has 1 rings (SSSR count). The Morgan fingerprint density at radius 2 is 1.87 bits per heavy atom. The van der Waals surface area contributed by atoms with Crippen molar-refractivity contribution in [2.75, 3.05) is 12.0 Å². The number of anilines is 1. The Bertz CT molecular complexity index is 597. The van der Waals surface area contributed by atoms with E-state index < -0.39 is 27.5 Å². The number of benzene rings is 1. The van der Waals surface area contributed by atoms with Gasteiger partial charge in [-0.25, -0.2) is 4.39 Å². The molecule has 0 aromatic heterocycles. The second-order valence-electron chi connectivity index (χ2n) is 4.08. The number of halogens is 4. The smallest absolute Gasteiger partial charge is 0.269 e. The number of non-ortho nitro benzene ring substituents is 1. The van der Waals surface area contributed by atoms with Gasteiger partial charge in [0.1, 0.15) is 6.17 Å². The number of nitro groups is 1. The molecule has 1 atom stereocenters. The van der Waals surface area contributed by atoms with Crippen LogP contribution < -0.4 is 16.0 Å². The van der Waals surface area contributed by atoms with Crippen LogP contribution in [0.25, 0.3) is 0 Å². The van der Waals surface area contributed by atoms with Gasteiger partial charge in [-0.05, 0) is 24.4 Å². The molecule has 0 saturated carbocycles. The van der Waals surface area contributed by atoms with Gasteiger partial charge in [-0.15, -0.1) is 0 Å². The standard InChI is InChI=1S/C11H10Cl3FN4O3S/c12-11(13,14)9(17-8(20)5-15)18-10(23)16-6-1-3-7(4-2-6)19(21)22/h1-4,9H,5H2,(H,17,20)(H2,16,18,23)/t9-/m0/s1. The van der Waals surface area contributed by atoms with Crippen LogP contribution in [0, 0.1) is 10.1 Å². The molecule has 0 unspecified atom stereocenters. The van der Waals surface area contributed by atoms with Gasteiger partial charge in [0.05, 0.1) is 4.92 Å². The van der Waals surface area contributed by atoms with Crippen LogP contribution in [0.5, 0.6) is 0 Å². The molecule has 7 nitrogen and oxygen atoms in total. The second kappa shape index (κ2) is 8.44. The Labute approximate surface area is 150 Å². The molecule has 12 heteroatoms. The maximum Gasteiger partial charge on any atom is 0.269 e. The van der Waals surface area contributed by atoms with Crippen LogP contribution in [0.4, 0.5) is 15.8 Å². The lowest BCUT2D eigenvalue weighted by Crippen LogP contribution is -2.56. The first-order valence-electron chi connectivity index (χ1n) is 5.87. The fourth-order valence-corrected chi connectivity index (χ4v) is 1.93. The summed E-state index contributed by atoms with van der Waals surface area (Å²) in [6.07, 6.45) is -1.28. The lowest BCUT2D eigenvalue weighted by molar-refractivity contribution is -0.384. The number of rotatable bonds is 5. The molecule has 0 heterocycles. The van der Waals surface area contributed by atoms with E-state index in [1.165, 1.54) is 24.3 Å². The van der Waals surface area contributed by atoms with Gasteiger partial charge in [0, 0.05) is 17.8 Å². The average molecular weight is 404 g/mol. The zero-order valence-electron chi connectivity index (χ0n) is 11.2. The molecular formula is C11H10Cl3FN4O3S. The van der Waals surface area contributed by atoms with E-state index in [4.69, 9.17) is 47.0 Å². The lowest BCUT2D eigenvalue weighted by Gasteiger charge is -2.27. The normalized spacial score (nSPS) is 12.2. The number of alkyl halides is 4. The highest BCUT2D eigenvalue weighted by atomic mass is 35.6. The van der Waals surface area contributed by atoms with Crippen LogP contribution in [-0.4, -0.2) is 32.6 Å². The van der Waals surface area contributed by atoms with E-state index in [0.29, 0.717) is 5.69 Å². The number of carbonyl (C=O) groups is 1. The lowest BCUT2D eigenvalue weighted by atomic mass is 10.3. The van der Waals surface area contributed by atoms with Gasteiger partial charge in [-0.3, -0.25) is 14.9 Å². The minimum atomic E-state index is -1.99. The van der Waals surface area contributed by atoms with Crippen LogP contribution >= 0.6 is 47.0 Å². The topological polar surface area (TPSA) is 96.3 Å². The molecule has 126 valence electrons. The quantitative estimate of drug-likeness (QED) is 0.230. The third-order valence-electron chi connectivity index (χ3n) is 2.37. The summed E-state index contributed by atoms with van der Waals surface area (Å²) in [6.45, 7) is -1.29. The molecule has 0 spiro atoms. The fraction of sp³-hybridized carbons (Fsp3) is 0.273. The average Bonchev–Trinajstić information content (AvgIpc) is 2.45. The minimum absolute atomic E-state index is 0.0469. The minimum Gasteiger partial charge on any atom is -0.339 e. The van der Waals surface area contributed by atoms with Crippen molar-refractivity contribution in [2.24, 2.45) is 0 Å². The van der Waals surface area contributed by atoms with Crippen molar-refractivity contribution >= 4 is 69.4 Å². The van der Waals surface area contributed by atoms with Crippen molar-refractivity contribution in [3.8, 4) is 0 Å². The zero-order chi connectivity index (χ0) is 17.6. The summed E-state index contributed by atoms with van der Waals surface area (Å²) in [5, 5.41) is 17.8. The predicted octanol–water partition coefficient (Wildman–Crippen LogP) is 2.66. The molecule has 0 saturated heterocycles. The first kappa shape index (κ1) is 19.6. The van der Waals surface area contributed by atoms with Crippen molar-refractivity contribution in [3.63, 3.8) is 0 Å². The van der Waals surface area contributed by atoms with Crippen LogP contribution in [-0.2, 0) is 4.79 Å². The Morgan fingerprint density at radius 3 is 2.30 bits per heavy atom. The van der Waals surface area contributed by atoms with E-state index in [2.05, 4.69) is 16.0 Å². The van der Waals surface area contributed by atoms with Crippen LogP contribution in [0.3, 0.4) is 0 Å². The van der Waals surface area contributed by atoms with Crippen molar-refractivity contribution in [3.05, 3.63) is 34.4 Å². The van der Waals surface area contributed by atoms with Crippen molar-refractivity contribution in [2.45, 2.75) is 9.96 Å². The first-order chi connectivity index (χ1) is 10.6. The maximum absolute atomic E-state index is 12.2. The number of hydrogen-bond acceptors (Lipinski definition) is 4. The molecule has 1 amide bonds. The van der Waals surface area contributed by atoms with Gasteiger partial charge in [0.15, 0.2) is 11.8 Å². The van der Waals surface area contributed by atoms with Crippen LogP contribution in [0.1, 0.15) is 0 Å². The number of thiocarbonyl (C=S) groups is 1. The number of nitrogens with one attached hydrogen (secondary N) is 3. The molecule has 3 N–H and O–H groups in total. The molecule has 1 aromatic carbocycles. The summed E-state index contributed by atoms with van der Waals surface area (Å²) in [4.78, 5) is 21.1. The second-order valence-corrected chi connectivity index (χ2v) is 6.86. The van der Waals surface area contributed by atoms with Crippen LogP contribution in [0.2, 0.25) is 0 Å². The summed E-state index contributed by atoms with van der Waals surface area (Å²) < 4.78 is 10.3. The van der Waals surface area contributed by atoms with Crippen LogP contribution in [0.15, 0.2) is 24.3 Å². The molecule has 0 fully saturated rings. The molecule has 0 aliphatic heterocycles. The fourth-order valence-electron chi connectivity index (χ4n) is 1.36. The number of amides is 1. The summed E-state index contributed by atoms with van der Waals surface area (Å²) >= 11 is 22.0. The zero-order valence-corrected chi connectivity index (χ0v) is 14.3. The monoisotopic (exact) mass is 402 g/mol. The van der Waals surface area contributed by atoms with E-state index in [1.807, 2.05) is 0 Å². The van der Waals surface area contributed by atoms with E-state index in [0.717, 1.165) is 0 Å². The Morgan fingerprint density at radius 1 is 1.30 bits per heavy atom. The number of hydrogen-bond donors (Lipinski definition) is 3. The van der Waals surface area contributed by atoms with Gasteiger partial charge >= 0.3 is 0 Å². The van der Waals surface area contributed by atoms with Gasteiger partial charge in [0.25, 0.3) is 11.6 Å². The van der Waals surface area contributed by atoms with Gasteiger partial charge < -0.3 is 16.0 Å². The van der Waals surface area contributed by atoms with Crippen molar-refractivity contribution < 1.29 is 14.1 Å². The highest BCUT2D eigenvalue weighted by Crippen LogP contribution is 2.29. The summed E-state index contributed by atoms with van der Waals surface area (Å²) in [6, 6.07) is 5.36. The molecule has 0 bridgehead atoms. The number of nitrogens with zero attached hydrogens (tertiary/aromatic N) is 1. The Kier molecular flexibility index (Phi) is 7.20. The molecule has 0 radical (unpaired) electrons. The van der Waals surface area contributed by atoms with E-state index in [1.54, 1.807) is 0 Å². The first-order valence-corrected chi connectivity index (χ1v) is 7.41. The molecule has 1 aromatic rings. The Balaban J connectivity index is 2.71. The van der Waals surface area contributed by atoms with Gasteiger partial charge in [-0.2, -0.15) is 0 Å². The largest absolute Gasteiger partial charge is 0.339 e. The maximum atomic E-state index is 12.2. The van der Waals surface area contributed by atoms with E-state index in [-0.39, 0.29) is 10.8 Å². The number of nitro benzene ring substituents is 1. The van der Waals surface area contributed by atoms with Crippen molar-refractivity contribution in [1.29, 1.82) is 0 Å². The van der Waals surface area contributed by atoms with Crippen molar-refractivity contribution in [1.82, 2.24) is 10.6 Å². The van der Waals surface area contributed by atoms with Gasteiger partial charge in [-0.1, -0.05) is 34.8 Å². The molecule has 0 aliphatic carbocycles. The SMILES string of the molecule is O=C(CF)N[C@@H](NC(=S)Nc1ccc([N+](=O)[O-])cc1)C(Cl)(Cl)Cl. The summed E-state index contributed by atoms with van der Waals surface area (Å²) in [7, 11) is 0. The highest BCUT2D eigenvalue weighted by Gasteiger charge is 2.34. The summed E-state index contributed by atoms with van der Waals surface area (Å²) in [5.41, 5.74) is 0.330.